The first-order valence-corrected chi connectivity index (χ1v) is 8.63. The molecule has 4 nitrogen and oxygen atoms in total. The second-order valence-corrected chi connectivity index (χ2v) is 7.72. The Kier molecular flexibility index (Phi) is 5.79. The predicted molar refractivity (Wildman–Crippen MR) is 95.2 cm³/mol. The van der Waals surface area contributed by atoms with Gasteiger partial charge in [-0.15, -0.1) is 0 Å². The number of carbonyl (C=O) groups excluding carboxylic acids is 1. The van der Waals surface area contributed by atoms with Gasteiger partial charge in [0.15, 0.2) is 0 Å². The second kappa shape index (κ2) is 7.43. The van der Waals surface area contributed by atoms with Gasteiger partial charge in [-0.1, -0.05) is 17.7 Å². The summed E-state index contributed by atoms with van der Waals surface area (Å²) in [5.74, 6) is 0. The van der Waals surface area contributed by atoms with Crippen LogP contribution in [0.3, 0.4) is 0 Å². The Morgan fingerprint density at radius 3 is 2.61 bits per heavy atom. The number of alkyl carbamates (subject to hydrolysis) is 1. The fourth-order valence-electron chi connectivity index (χ4n) is 2.84. The molecule has 2 atom stereocenters. The van der Waals surface area contributed by atoms with Crippen molar-refractivity contribution in [2.75, 3.05) is 5.32 Å². The van der Waals surface area contributed by atoms with Crippen LogP contribution in [0.25, 0.3) is 0 Å². The van der Waals surface area contributed by atoms with Crippen LogP contribution in [-0.4, -0.2) is 23.8 Å². The Morgan fingerprint density at radius 1 is 1.26 bits per heavy atom. The van der Waals surface area contributed by atoms with Crippen molar-refractivity contribution >= 4 is 23.4 Å². The van der Waals surface area contributed by atoms with E-state index in [0.717, 1.165) is 42.0 Å². The summed E-state index contributed by atoms with van der Waals surface area (Å²) in [5, 5.41) is 7.28. The maximum atomic E-state index is 11.9. The lowest BCUT2D eigenvalue weighted by atomic mass is 9.91. The van der Waals surface area contributed by atoms with Gasteiger partial charge in [-0.25, -0.2) is 4.79 Å². The molecule has 0 spiro atoms. The van der Waals surface area contributed by atoms with E-state index in [4.69, 9.17) is 16.3 Å². The summed E-state index contributed by atoms with van der Waals surface area (Å²) in [6.07, 6.45) is 3.73. The number of hydrogen-bond acceptors (Lipinski definition) is 3. The first kappa shape index (κ1) is 17.9. The number of carbonyl (C=O) groups is 1. The summed E-state index contributed by atoms with van der Waals surface area (Å²) < 4.78 is 5.33. The third-order valence-corrected chi connectivity index (χ3v) is 4.34. The summed E-state index contributed by atoms with van der Waals surface area (Å²) in [6, 6.07) is 6.51. The largest absolute Gasteiger partial charge is 0.444 e. The minimum Gasteiger partial charge on any atom is -0.444 e. The van der Waals surface area contributed by atoms with Crippen LogP contribution in [0.4, 0.5) is 10.5 Å². The average molecular weight is 339 g/mol. The molecule has 0 bridgehead atoms. The molecular formula is C18H27ClN2O2. The number of aryl methyl sites for hydroxylation is 1. The molecule has 0 heterocycles. The van der Waals surface area contributed by atoms with Crippen LogP contribution in [0.2, 0.25) is 5.02 Å². The first-order chi connectivity index (χ1) is 10.7. The maximum absolute atomic E-state index is 11.9. The Bertz CT molecular complexity index is 554. The molecular weight excluding hydrogens is 312 g/mol. The number of anilines is 1. The minimum atomic E-state index is -0.463. The minimum absolute atomic E-state index is 0.150. The third-order valence-electron chi connectivity index (χ3n) is 3.94. The summed E-state index contributed by atoms with van der Waals surface area (Å²) in [7, 11) is 0. The quantitative estimate of drug-likeness (QED) is 0.824. The molecule has 1 aliphatic rings. The number of halogens is 1. The molecule has 0 aromatic heterocycles. The van der Waals surface area contributed by atoms with Crippen molar-refractivity contribution in [2.24, 2.45) is 0 Å². The summed E-state index contributed by atoms with van der Waals surface area (Å²) >= 11 is 6.18. The number of benzene rings is 1. The molecule has 0 saturated heterocycles. The lowest BCUT2D eigenvalue weighted by molar-refractivity contribution is 0.0492. The van der Waals surface area contributed by atoms with Gasteiger partial charge in [0, 0.05) is 22.8 Å². The predicted octanol–water partition coefficient (Wildman–Crippen LogP) is 4.90. The van der Waals surface area contributed by atoms with Gasteiger partial charge in [-0.05, 0) is 71.1 Å². The van der Waals surface area contributed by atoms with Crippen LogP contribution in [0.1, 0.15) is 52.0 Å². The SMILES string of the molecule is Cc1ccc(NC2CCCC(NC(=O)OC(C)(C)C)C2)cc1Cl. The molecule has 2 unspecified atom stereocenters. The number of nitrogens with one attached hydrogen (secondary N) is 2. The topological polar surface area (TPSA) is 50.4 Å². The van der Waals surface area contributed by atoms with E-state index in [0.29, 0.717) is 6.04 Å². The lowest BCUT2D eigenvalue weighted by Crippen LogP contribution is -2.43. The molecule has 1 aromatic carbocycles. The van der Waals surface area contributed by atoms with Crippen LogP contribution in [0.5, 0.6) is 0 Å². The number of rotatable bonds is 3. The van der Waals surface area contributed by atoms with E-state index in [1.165, 1.54) is 0 Å². The number of hydrogen-bond donors (Lipinski definition) is 2. The fraction of sp³-hybridized carbons (Fsp3) is 0.611. The van der Waals surface area contributed by atoms with Gasteiger partial charge in [0.1, 0.15) is 5.60 Å². The zero-order valence-corrected chi connectivity index (χ0v) is 15.2. The normalized spacial score (nSPS) is 21.6. The monoisotopic (exact) mass is 338 g/mol. The molecule has 1 aromatic rings. The van der Waals surface area contributed by atoms with E-state index < -0.39 is 5.60 Å². The van der Waals surface area contributed by atoms with Gasteiger partial charge in [-0.3, -0.25) is 0 Å². The smallest absolute Gasteiger partial charge is 0.407 e. The molecule has 5 heteroatoms. The van der Waals surface area contributed by atoms with Gasteiger partial charge >= 0.3 is 6.09 Å². The van der Waals surface area contributed by atoms with Crippen molar-refractivity contribution in [3.05, 3.63) is 28.8 Å². The van der Waals surface area contributed by atoms with Crippen LogP contribution in [0.15, 0.2) is 18.2 Å². The molecule has 1 fully saturated rings. The Balaban J connectivity index is 1.88. The van der Waals surface area contributed by atoms with Crippen molar-refractivity contribution in [3.8, 4) is 0 Å². The Morgan fingerprint density at radius 2 is 1.96 bits per heavy atom. The molecule has 1 amide bonds. The fourth-order valence-corrected chi connectivity index (χ4v) is 3.03. The molecule has 128 valence electrons. The molecule has 2 N–H and O–H groups in total. The van der Waals surface area contributed by atoms with Crippen molar-refractivity contribution in [3.63, 3.8) is 0 Å². The second-order valence-electron chi connectivity index (χ2n) is 7.31. The molecule has 23 heavy (non-hydrogen) atoms. The highest BCUT2D eigenvalue weighted by atomic mass is 35.5. The standard InChI is InChI=1S/C18H27ClN2O2/c1-12-8-9-15(11-16(12)19)20-13-6-5-7-14(10-13)21-17(22)23-18(2,3)4/h8-9,11,13-14,20H,5-7,10H2,1-4H3,(H,21,22). The summed E-state index contributed by atoms with van der Waals surface area (Å²) in [5.41, 5.74) is 1.64. The van der Waals surface area contributed by atoms with Gasteiger partial charge in [0.05, 0.1) is 0 Å². The third kappa shape index (κ3) is 5.94. The van der Waals surface area contributed by atoms with E-state index >= 15 is 0 Å². The average Bonchev–Trinajstić information content (AvgIpc) is 2.41. The van der Waals surface area contributed by atoms with Crippen molar-refractivity contribution in [2.45, 2.75) is 71.1 Å². The highest BCUT2D eigenvalue weighted by Crippen LogP contribution is 2.25. The summed E-state index contributed by atoms with van der Waals surface area (Å²) in [6.45, 7) is 7.62. The zero-order valence-electron chi connectivity index (χ0n) is 14.4. The van der Waals surface area contributed by atoms with Crippen LogP contribution in [0, 0.1) is 6.92 Å². The van der Waals surface area contributed by atoms with Gasteiger partial charge < -0.3 is 15.4 Å². The zero-order chi connectivity index (χ0) is 17.0. The van der Waals surface area contributed by atoms with Gasteiger partial charge in [0.2, 0.25) is 0 Å². The van der Waals surface area contributed by atoms with Crippen LogP contribution >= 0.6 is 11.6 Å². The highest BCUT2D eigenvalue weighted by Gasteiger charge is 2.25. The summed E-state index contributed by atoms with van der Waals surface area (Å²) in [4.78, 5) is 11.9. The lowest BCUT2D eigenvalue weighted by Gasteiger charge is -2.31. The number of amides is 1. The van der Waals surface area contributed by atoms with Gasteiger partial charge in [0.25, 0.3) is 0 Å². The number of ether oxygens (including phenoxy) is 1. The van der Waals surface area contributed by atoms with E-state index in [1.54, 1.807) is 0 Å². The first-order valence-electron chi connectivity index (χ1n) is 8.25. The molecule has 1 saturated carbocycles. The highest BCUT2D eigenvalue weighted by molar-refractivity contribution is 6.31. The van der Waals surface area contributed by atoms with Gasteiger partial charge in [-0.2, -0.15) is 0 Å². The Hall–Kier alpha value is -1.42. The van der Waals surface area contributed by atoms with E-state index in [1.807, 2.05) is 45.9 Å². The van der Waals surface area contributed by atoms with Crippen molar-refractivity contribution in [1.82, 2.24) is 5.32 Å². The molecule has 0 aliphatic heterocycles. The van der Waals surface area contributed by atoms with Crippen LogP contribution in [-0.2, 0) is 4.74 Å². The van der Waals surface area contributed by atoms with E-state index in [-0.39, 0.29) is 12.1 Å². The Labute approximate surface area is 143 Å². The van der Waals surface area contributed by atoms with Crippen LogP contribution < -0.4 is 10.6 Å². The van der Waals surface area contributed by atoms with Crippen molar-refractivity contribution < 1.29 is 9.53 Å². The molecule has 0 radical (unpaired) electrons. The maximum Gasteiger partial charge on any atom is 0.407 e. The van der Waals surface area contributed by atoms with E-state index in [9.17, 15) is 4.79 Å². The molecule has 1 aliphatic carbocycles. The van der Waals surface area contributed by atoms with E-state index in [2.05, 4.69) is 10.6 Å². The molecule has 2 rings (SSSR count). The van der Waals surface area contributed by atoms with Crippen molar-refractivity contribution in [1.29, 1.82) is 0 Å².